The van der Waals surface area contributed by atoms with E-state index >= 15 is 0 Å². The van der Waals surface area contributed by atoms with E-state index in [-0.39, 0.29) is 17.1 Å². The van der Waals surface area contributed by atoms with Crippen molar-refractivity contribution >= 4 is 20.2 Å². The molecule has 152 valence electrons. The van der Waals surface area contributed by atoms with Crippen LogP contribution in [-0.4, -0.2) is 24.9 Å². The molecule has 0 aliphatic rings. The Morgan fingerprint density at radius 3 is 1.25 bits per heavy atom. The van der Waals surface area contributed by atoms with E-state index < -0.39 is 9.04 Å². The molecule has 0 saturated heterocycles. The number of rotatable bonds is 4. The van der Waals surface area contributed by atoms with Gasteiger partial charge in [-0.1, -0.05) is 36.4 Å². The molecule has 28 heavy (non-hydrogen) atoms. The highest BCUT2D eigenvalue weighted by atomic mass is 28.3. The van der Waals surface area contributed by atoms with Gasteiger partial charge >= 0.3 is 0 Å². The Morgan fingerprint density at radius 2 is 1.07 bits per heavy atom. The van der Waals surface area contributed by atoms with Crippen LogP contribution in [0.2, 0.25) is 13.1 Å². The zero-order chi connectivity index (χ0) is 21.3. The third kappa shape index (κ3) is 8.15. The van der Waals surface area contributed by atoms with Crippen LogP contribution in [0.5, 0.6) is 11.5 Å². The fraction of sp³-hybridized carbons (Fsp3) is 0.333. The molecule has 0 radical (unpaired) electrons. The number of hydrogen-bond donors (Lipinski definition) is 2. The van der Waals surface area contributed by atoms with Crippen LogP contribution in [0.25, 0.3) is 11.1 Å². The molecular formula is C24H34O3Si. The Morgan fingerprint density at radius 1 is 0.750 bits per heavy atom. The Balaban J connectivity index is 0.000000416. The van der Waals surface area contributed by atoms with Crippen LogP contribution in [0.4, 0.5) is 0 Å². The first kappa shape index (κ1) is 23.7. The van der Waals surface area contributed by atoms with Crippen LogP contribution >= 0.6 is 0 Å². The standard InChI is InChI=1S/C18H18O2.C6H16OSi/c1-3-17(13-5-9-15(19)10-6-13)18(4-2)14-7-11-16(20)12-8-14;1-6(2,3)7-8(4)5/h3-12,19-20H,1-2H3;8H,1-5H3/b17-3+,18-4+;. The Kier molecular flexibility index (Phi) is 9.23. The third-order valence-electron chi connectivity index (χ3n) is 3.81. The first-order chi connectivity index (χ1) is 13.1. The lowest BCUT2D eigenvalue weighted by Crippen LogP contribution is -2.25. The summed E-state index contributed by atoms with van der Waals surface area (Å²) < 4.78 is 5.58. The fourth-order valence-electron chi connectivity index (χ4n) is 2.94. The topological polar surface area (TPSA) is 49.7 Å². The maximum atomic E-state index is 9.39. The summed E-state index contributed by atoms with van der Waals surface area (Å²) in [5.74, 6) is 0.520. The van der Waals surface area contributed by atoms with Crippen LogP contribution in [-0.2, 0) is 4.43 Å². The minimum atomic E-state index is -0.796. The lowest BCUT2D eigenvalue weighted by atomic mass is 9.92. The molecule has 0 spiro atoms. The van der Waals surface area contributed by atoms with Crippen molar-refractivity contribution in [3.8, 4) is 11.5 Å². The van der Waals surface area contributed by atoms with E-state index in [4.69, 9.17) is 4.43 Å². The largest absolute Gasteiger partial charge is 0.508 e. The minimum absolute atomic E-state index is 0.0837. The van der Waals surface area contributed by atoms with E-state index in [1.165, 1.54) is 0 Å². The molecule has 3 nitrogen and oxygen atoms in total. The average Bonchev–Trinajstić information content (AvgIpc) is 2.60. The zero-order valence-corrected chi connectivity index (χ0v) is 19.3. The van der Waals surface area contributed by atoms with Crippen molar-refractivity contribution < 1.29 is 14.6 Å². The van der Waals surface area contributed by atoms with Gasteiger partial charge in [0.05, 0.1) is 0 Å². The first-order valence-corrected chi connectivity index (χ1v) is 12.4. The summed E-state index contributed by atoms with van der Waals surface area (Å²) in [6.45, 7) is 14.6. The smallest absolute Gasteiger partial charge is 0.171 e. The summed E-state index contributed by atoms with van der Waals surface area (Å²) in [5, 5.41) is 18.8. The Bertz CT molecular complexity index is 721. The van der Waals surface area contributed by atoms with Crippen molar-refractivity contribution in [3.63, 3.8) is 0 Å². The molecule has 0 unspecified atom stereocenters. The molecule has 4 heteroatoms. The molecule has 0 atom stereocenters. The molecule has 0 aliphatic carbocycles. The van der Waals surface area contributed by atoms with Crippen LogP contribution in [0.15, 0.2) is 60.7 Å². The van der Waals surface area contributed by atoms with Crippen LogP contribution in [0.3, 0.4) is 0 Å². The summed E-state index contributed by atoms with van der Waals surface area (Å²) in [7, 11) is -0.796. The molecule has 0 heterocycles. The molecule has 0 bridgehead atoms. The molecule has 2 aromatic rings. The second-order valence-electron chi connectivity index (χ2n) is 7.78. The first-order valence-electron chi connectivity index (χ1n) is 9.67. The second-order valence-corrected chi connectivity index (χ2v) is 10.1. The molecule has 0 aliphatic heterocycles. The van der Waals surface area contributed by atoms with Gasteiger partial charge in [-0.2, -0.15) is 0 Å². The Labute approximate surface area is 171 Å². The normalized spacial score (nSPS) is 12.6. The molecular weight excluding hydrogens is 364 g/mol. The van der Waals surface area contributed by atoms with Gasteiger partial charge in [-0.25, -0.2) is 0 Å². The number of allylic oxidation sites excluding steroid dienone is 4. The fourth-order valence-corrected chi connectivity index (χ4v) is 4.36. The highest BCUT2D eigenvalue weighted by Crippen LogP contribution is 2.32. The molecule has 0 fully saturated rings. The third-order valence-corrected chi connectivity index (χ3v) is 4.99. The van der Waals surface area contributed by atoms with Gasteiger partial charge in [0.15, 0.2) is 9.04 Å². The van der Waals surface area contributed by atoms with Gasteiger partial charge in [0.2, 0.25) is 0 Å². The number of aromatic hydroxyl groups is 2. The summed E-state index contributed by atoms with van der Waals surface area (Å²) in [4.78, 5) is 0. The lowest BCUT2D eigenvalue weighted by molar-refractivity contribution is 0.132. The number of benzene rings is 2. The Hall–Kier alpha value is -2.30. The lowest BCUT2D eigenvalue weighted by Gasteiger charge is -2.22. The van der Waals surface area contributed by atoms with Gasteiger partial charge in [-0.15, -0.1) is 0 Å². The van der Waals surface area contributed by atoms with E-state index in [0.29, 0.717) is 0 Å². The quantitative estimate of drug-likeness (QED) is 0.463. The number of hydrogen-bond acceptors (Lipinski definition) is 3. The summed E-state index contributed by atoms with van der Waals surface area (Å²) in [6.07, 6.45) is 4.10. The van der Waals surface area contributed by atoms with E-state index in [1.807, 2.05) is 38.1 Å². The van der Waals surface area contributed by atoms with E-state index in [1.54, 1.807) is 24.3 Å². The van der Waals surface area contributed by atoms with Gasteiger partial charge < -0.3 is 14.6 Å². The molecule has 0 amide bonds. The minimum Gasteiger partial charge on any atom is -0.508 e. The van der Waals surface area contributed by atoms with Crippen molar-refractivity contribution in [1.29, 1.82) is 0 Å². The van der Waals surface area contributed by atoms with Gasteiger partial charge in [0, 0.05) is 5.60 Å². The average molecular weight is 399 g/mol. The van der Waals surface area contributed by atoms with Crippen molar-refractivity contribution in [2.75, 3.05) is 0 Å². The maximum Gasteiger partial charge on any atom is 0.171 e. The highest BCUT2D eigenvalue weighted by Gasteiger charge is 2.11. The van der Waals surface area contributed by atoms with Crippen molar-refractivity contribution in [2.24, 2.45) is 0 Å². The summed E-state index contributed by atoms with van der Waals surface area (Å²) in [6, 6.07) is 14.3. The molecule has 0 aromatic heterocycles. The SMILES string of the molecule is C/C=C(/C(=C/C)c1ccc(O)cc1)c1ccc(O)cc1.C[SiH](C)OC(C)(C)C. The molecule has 2 N–H and O–H groups in total. The number of phenolic OH excluding ortho intramolecular Hbond substituents is 2. The summed E-state index contributed by atoms with van der Waals surface area (Å²) in [5.41, 5.74) is 4.37. The molecule has 0 saturated carbocycles. The zero-order valence-electron chi connectivity index (χ0n) is 18.2. The van der Waals surface area contributed by atoms with Gasteiger partial charge in [0.1, 0.15) is 11.5 Å². The molecule has 2 aromatic carbocycles. The van der Waals surface area contributed by atoms with Gasteiger partial charge in [0.25, 0.3) is 0 Å². The predicted molar refractivity (Wildman–Crippen MR) is 123 cm³/mol. The monoisotopic (exact) mass is 398 g/mol. The van der Waals surface area contributed by atoms with Gasteiger partial charge in [-0.05, 0) is 94.3 Å². The second kappa shape index (κ2) is 10.9. The highest BCUT2D eigenvalue weighted by molar-refractivity contribution is 6.48. The molecule has 2 rings (SSSR count). The maximum absolute atomic E-state index is 9.39. The number of phenols is 2. The van der Waals surface area contributed by atoms with E-state index in [2.05, 4.69) is 46.0 Å². The van der Waals surface area contributed by atoms with Crippen LogP contribution in [0.1, 0.15) is 45.7 Å². The predicted octanol–water partition coefficient (Wildman–Crippen LogP) is 6.39. The van der Waals surface area contributed by atoms with Crippen molar-refractivity contribution in [3.05, 3.63) is 71.8 Å². The van der Waals surface area contributed by atoms with E-state index in [0.717, 1.165) is 22.3 Å². The van der Waals surface area contributed by atoms with Crippen LogP contribution in [0, 0.1) is 0 Å². The van der Waals surface area contributed by atoms with Gasteiger partial charge in [-0.3, -0.25) is 0 Å². The summed E-state index contributed by atoms with van der Waals surface area (Å²) >= 11 is 0. The van der Waals surface area contributed by atoms with Crippen molar-refractivity contribution in [1.82, 2.24) is 0 Å². The van der Waals surface area contributed by atoms with Crippen LogP contribution < -0.4 is 0 Å². The van der Waals surface area contributed by atoms with Crippen molar-refractivity contribution in [2.45, 2.75) is 53.3 Å². The van der Waals surface area contributed by atoms with E-state index in [9.17, 15) is 10.2 Å².